The van der Waals surface area contributed by atoms with Crippen LogP contribution in [0.4, 0.5) is 0 Å². The van der Waals surface area contributed by atoms with Gasteiger partial charge < -0.3 is 9.62 Å². The zero-order valence-electron chi connectivity index (χ0n) is 5.16. The van der Waals surface area contributed by atoms with Gasteiger partial charge in [-0.1, -0.05) is 0 Å². The van der Waals surface area contributed by atoms with Gasteiger partial charge in [0.25, 0.3) is 0 Å². The molecule has 2 N–H and O–H groups in total. The van der Waals surface area contributed by atoms with Crippen LogP contribution in [0.25, 0.3) is 0 Å². The third-order valence-corrected chi connectivity index (χ3v) is 1.16. The fourth-order valence-electron chi connectivity index (χ4n) is 0.601. The molecule has 0 aliphatic heterocycles. The second-order valence-electron chi connectivity index (χ2n) is 1.87. The van der Waals surface area contributed by atoms with Crippen molar-refractivity contribution in [2.45, 2.75) is 13.0 Å². The van der Waals surface area contributed by atoms with E-state index in [1.165, 1.54) is 0 Å². The highest BCUT2D eigenvalue weighted by Gasteiger charge is 2.03. The van der Waals surface area contributed by atoms with Gasteiger partial charge in [-0.15, -0.1) is 0 Å². The molecule has 0 spiro atoms. The van der Waals surface area contributed by atoms with Gasteiger partial charge in [-0.25, -0.2) is 0 Å². The van der Waals surface area contributed by atoms with Crippen LogP contribution >= 0.6 is 0 Å². The molecule has 9 heavy (non-hydrogen) atoms. The third kappa shape index (κ3) is 1.31. The Labute approximate surface area is 53.3 Å². The van der Waals surface area contributed by atoms with Crippen LogP contribution in [0.3, 0.4) is 0 Å². The maximum absolute atomic E-state index is 8.40. The Hall–Kier alpha value is -0.800. The average Bonchev–Trinajstić information content (AvgIpc) is 2.37. The van der Waals surface area contributed by atoms with Gasteiger partial charge in [0, 0.05) is 0 Å². The van der Waals surface area contributed by atoms with Crippen LogP contribution in [0, 0.1) is 0 Å². The summed E-state index contributed by atoms with van der Waals surface area (Å²) in [5.74, 6) is 0.734. The van der Waals surface area contributed by atoms with Crippen LogP contribution in [-0.2, 0) is 0 Å². The van der Waals surface area contributed by atoms with E-state index in [4.69, 9.17) is 9.62 Å². The van der Waals surface area contributed by atoms with Crippen LogP contribution in [-0.4, -0.2) is 5.21 Å². The van der Waals surface area contributed by atoms with Gasteiger partial charge in [0.05, 0.1) is 12.3 Å². The summed E-state index contributed by atoms with van der Waals surface area (Å²) in [6.07, 6.45) is 1.57. The van der Waals surface area contributed by atoms with E-state index >= 15 is 0 Å². The molecule has 3 heteroatoms. The standard InChI is InChI=1S/C6H9NO2/c1-5(7-8)6-3-2-4-9-6/h2-5,7-8H,1H3/t5-/m0/s1. The average molecular weight is 127 g/mol. The molecule has 0 amide bonds. The normalized spacial score (nSPS) is 13.6. The monoisotopic (exact) mass is 127 g/mol. The van der Waals surface area contributed by atoms with Gasteiger partial charge in [0.2, 0.25) is 0 Å². The summed E-state index contributed by atoms with van der Waals surface area (Å²) in [6.45, 7) is 1.80. The number of nitrogens with one attached hydrogen (secondary N) is 1. The van der Waals surface area contributed by atoms with Crippen LogP contribution in [0.5, 0.6) is 0 Å². The van der Waals surface area contributed by atoms with Crippen LogP contribution in [0.2, 0.25) is 0 Å². The van der Waals surface area contributed by atoms with Crippen molar-refractivity contribution in [2.24, 2.45) is 0 Å². The Morgan fingerprint density at radius 3 is 3.00 bits per heavy atom. The van der Waals surface area contributed by atoms with E-state index < -0.39 is 0 Å². The molecular formula is C6H9NO2. The third-order valence-electron chi connectivity index (χ3n) is 1.16. The minimum absolute atomic E-state index is 0.125. The molecule has 1 atom stereocenters. The van der Waals surface area contributed by atoms with Crippen LogP contribution in [0.15, 0.2) is 22.8 Å². The van der Waals surface area contributed by atoms with E-state index in [0.29, 0.717) is 0 Å². The first-order valence-corrected chi connectivity index (χ1v) is 2.77. The number of hydroxylamine groups is 1. The smallest absolute Gasteiger partial charge is 0.122 e. The first-order chi connectivity index (χ1) is 4.34. The van der Waals surface area contributed by atoms with E-state index in [2.05, 4.69) is 5.48 Å². The lowest BCUT2D eigenvalue weighted by Crippen LogP contribution is -2.11. The maximum atomic E-state index is 8.40. The van der Waals surface area contributed by atoms with Gasteiger partial charge in [-0.05, 0) is 19.1 Å². The first-order valence-electron chi connectivity index (χ1n) is 2.77. The molecule has 0 saturated carbocycles. The topological polar surface area (TPSA) is 45.4 Å². The fraction of sp³-hybridized carbons (Fsp3) is 0.333. The molecule has 0 aromatic carbocycles. The summed E-state index contributed by atoms with van der Waals surface area (Å²) in [5.41, 5.74) is 2.07. The lowest BCUT2D eigenvalue weighted by atomic mass is 10.3. The molecule has 3 nitrogen and oxygen atoms in total. The van der Waals surface area contributed by atoms with Crippen molar-refractivity contribution in [3.63, 3.8) is 0 Å². The second kappa shape index (κ2) is 2.66. The van der Waals surface area contributed by atoms with E-state index in [0.717, 1.165) is 5.76 Å². The number of hydrogen-bond donors (Lipinski definition) is 2. The Bertz CT molecular complexity index is 160. The first kappa shape index (κ1) is 6.32. The summed E-state index contributed by atoms with van der Waals surface area (Å²) in [6, 6.07) is 3.46. The molecule has 0 radical (unpaired) electrons. The zero-order valence-corrected chi connectivity index (χ0v) is 5.16. The van der Waals surface area contributed by atoms with E-state index in [1.54, 1.807) is 25.3 Å². The Kier molecular flexibility index (Phi) is 1.87. The summed E-state index contributed by atoms with van der Waals surface area (Å²) >= 11 is 0. The van der Waals surface area contributed by atoms with Crippen molar-refractivity contribution in [1.82, 2.24) is 5.48 Å². The maximum Gasteiger partial charge on any atom is 0.122 e. The highest BCUT2D eigenvalue weighted by Crippen LogP contribution is 2.10. The van der Waals surface area contributed by atoms with Crippen molar-refractivity contribution in [2.75, 3.05) is 0 Å². The molecule has 0 fully saturated rings. The predicted octanol–water partition coefficient (Wildman–Crippen LogP) is 1.32. The van der Waals surface area contributed by atoms with E-state index in [9.17, 15) is 0 Å². The van der Waals surface area contributed by atoms with Gasteiger partial charge in [-0.3, -0.25) is 0 Å². The van der Waals surface area contributed by atoms with Gasteiger partial charge >= 0.3 is 0 Å². The molecule has 0 aliphatic carbocycles. The molecule has 0 aliphatic rings. The minimum atomic E-state index is -0.125. The molecular weight excluding hydrogens is 118 g/mol. The minimum Gasteiger partial charge on any atom is -0.468 e. The summed E-state index contributed by atoms with van der Waals surface area (Å²) < 4.78 is 4.96. The highest BCUT2D eigenvalue weighted by atomic mass is 16.5. The zero-order chi connectivity index (χ0) is 6.69. The molecule has 1 rings (SSSR count). The lowest BCUT2D eigenvalue weighted by molar-refractivity contribution is 0.123. The van der Waals surface area contributed by atoms with Gasteiger partial charge in [-0.2, -0.15) is 5.48 Å². The molecule has 0 saturated heterocycles. The van der Waals surface area contributed by atoms with Gasteiger partial charge in [0.15, 0.2) is 0 Å². The Balaban J connectivity index is 2.65. The largest absolute Gasteiger partial charge is 0.468 e. The summed E-state index contributed by atoms with van der Waals surface area (Å²) in [7, 11) is 0. The molecule has 1 heterocycles. The van der Waals surface area contributed by atoms with Crippen molar-refractivity contribution < 1.29 is 9.62 Å². The second-order valence-corrected chi connectivity index (χ2v) is 1.87. The number of hydrogen-bond acceptors (Lipinski definition) is 3. The molecule has 1 aromatic rings. The van der Waals surface area contributed by atoms with E-state index in [1.807, 2.05) is 0 Å². The van der Waals surface area contributed by atoms with Crippen LogP contribution in [0.1, 0.15) is 18.7 Å². The van der Waals surface area contributed by atoms with Crippen molar-refractivity contribution in [3.8, 4) is 0 Å². The van der Waals surface area contributed by atoms with Crippen molar-refractivity contribution in [3.05, 3.63) is 24.2 Å². The SMILES string of the molecule is C[C@H](NO)c1ccco1. The number of rotatable bonds is 2. The van der Waals surface area contributed by atoms with Crippen molar-refractivity contribution in [1.29, 1.82) is 0 Å². The highest BCUT2D eigenvalue weighted by molar-refractivity contribution is 5.01. The van der Waals surface area contributed by atoms with Crippen LogP contribution < -0.4 is 5.48 Å². The Morgan fingerprint density at radius 1 is 1.78 bits per heavy atom. The lowest BCUT2D eigenvalue weighted by Gasteiger charge is -2.02. The molecule has 50 valence electrons. The molecule has 1 aromatic heterocycles. The fourth-order valence-corrected chi connectivity index (χ4v) is 0.601. The van der Waals surface area contributed by atoms with Crippen molar-refractivity contribution >= 4 is 0 Å². The van der Waals surface area contributed by atoms with Gasteiger partial charge in [0.1, 0.15) is 5.76 Å². The van der Waals surface area contributed by atoms with E-state index in [-0.39, 0.29) is 6.04 Å². The summed E-state index contributed by atoms with van der Waals surface area (Å²) in [4.78, 5) is 0. The number of furan rings is 1. The Morgan fingerprint density at radius 2 is 2.56 bits per heavy atom. The quantitative estimate of drug-likeness (QED) is 0.589. The summed E-state index contributed by atoms with van der Waals surface area (Å²) in [5, 5.41) is 8.40. The molecule has 0 unspecified atom stereocenters. The predicted molar refractivity (Wildman–Crippen MR) is 32.0 cm³/mol. The molecule has 0 bridgehead atoms.